The second kappa shape index (κ2) is 12.3. The van der Waals surface area contributed by atoms with Crippen LogP contribution in [0.4, 0.5) is 0 Å². The maximum Gasteiger partial charge on any atom is 0.326 e. The van der Waals surface area contributed by atoms with Crippen LogP contribution in [0.25, 0.3) is 0 Å². The molecule has 178 valence electrons. The van der Waals surface area contributed by atoms with E-state index in [2.05, 4.69) is 25.9 Å². The highest BCUT2D eigenvalue weighted by Gasteiger charge is 2.31. The number of nitrogens with one attached hydrogen (secondary N) is 4. The SMILES string of the molecule is CC(C)C(NC(=O)CN)C(=O)NC(Cc1cnc[nH]1)C(=O)NC(Cc1ccccc1)C(=O)O. The zero-order valence-corrected chi connectivity index (χ0v) is 18.6. The van der Waals surface area contributed by atoms with Crippen LogP contribution in [0.2, 0.25) is 0 Å². The van der Waals surface area contributed by atoms with Gasteiger partial charge in [0, 0.05) is 24.7 Å². The third-order valence-corrected chi connectivity index (χ3v) is 4.96. The first-order valence-electron chi connectivity index (χ1n) is 10.6. The largest absolute Gasteiger partial charge is 0.480 e. The quantitative estimate of drug-likeness (QED) is 0.244. The number of rotatable bonds is 12. The van der Waals surface area contributed by atoms with Crippen LogP contribution in [0.1, 0.15) is 25.1 Å². The predicted molar refractivity (Wildman–Crippen MR) is 120 cm³/mol. The molecule has 0 radical (unpaired) electrons. The van der Waals surface area contributed by atoms with Crippen LogP contribution in [0.3, 0.4) is 0 Å². The van der Waals surface area contributed by atoms with Crippen molar-refractivity contribution >= 4 is 23.7 Å². The zero-order chi connectivity index (χ0) is 24.4. The summed E-state index contributed by atoms with van der Waals surface area (Å²) in [6.45, 7) is 3.20. The maximum atomic E-state index is 13.1. The third-order valence-electron chi connectivity index (χ3n) is 4.96. The Bertz CT molecular complexity index is 932. The number of aliphatic carboxylic acids is 1. The Morgan fingerprint density at radius 1 is 1.00 bits per heavy atom. The highest BCUT2D eigenvalue weighted by molar-refractivity contribution is 5.93. The van der Waals surface area contributed by atoms with Gasteiger partial charge in [-0.25, -0.2) is 9.78 Å². The Labute approximate surface area is 191 Å². The summed E-state index contributed by atoms with van der Waals surface area (Å²) in [7, 11) is 0. The first-order chi connectivity index (χ1) is 15.7. The summed E-state index contributed by atoms with van der Waals surface area (Å²) in [6, 6.07) is 5.67. The lowest BCUT2D eigenvalue weighted by atomic mass is 10.0. The molecular formula is C22H30N6O5. The van der Waals surface area contributed by atoms with Crippen molar-refractivity contribution in [2.24, 2.45) is 11.7 Å². The Hall–Kier alpha value is -3.73. The number of nitrogens with two attached hydrogens (primary N) is 1. The van der Waals surface area contributed by atoms with Crippen molar-refractivity contribution in [3.05, 3.63) is 54.1 Å². The van der Waals surface area contributed by atoms with Gasteiger partial charge in [-0.2, -0.15) is 0 Å². The van der Waals surface area contributed by atoms with E-state index in [4.69, 9.17) is 5.73 Å². The van der Waals surface area contributed by atoms with E-state index in [0.717, 1.165) is 5.56 Å². The number of aromatic nitrogens is 2. The number of nitrogens with zero attached hydrogens (tertiary/aromatic N) is 1. The van der Waals surface area contributed by atoms with Crippen molar-refractivity contribution in [2.45, 2.75) is 44.8 Å². The summed E-state index contributed by atoms with van der Waals surface area (Å²) in [4.78, 5) is 56.2. The van der Waals surface area contributed by atoms with Gasteiger partial charge in [0.15, 0.2) is 0 Å². The number of benzene rings is 1. The van der Waals surface area contributed by atoms with Gasteiger partial charge >= 0.3 is 5.97 Å². The Kier molecular flexibility index (Phi) is 9.55. The van der Waals surface area contributed by atoms with Crippen LogP contribution in [-0.4, -0.2) is 63.4 Å². The number of carbonyl (C=O) groups is 4. The molecule has 7 N–H and O–H groups in total. The van der Waals surface area contributed by atoms with Gasteiger partial charge in [-0.15, -0.1) is 0 Å². The summed E-state index contributed by atoms with van der Waals surface area (Å²) < 4.78 is 0. The average molecular weight is 459 g/mol. The van der Waals surface area contributed by atoms with Gasteiger partial charge in [0.2, 0.25) is 17.7 Å². The maximum absolute atomic E-state index is 13.1. The summed E-state index contributed by atoms with van der Waals surface area (Å²) >= 11 is 0. The molecule has 0 bridgehead atoms. The second-order valence-electron chi connectivity index (χ2n) is 7.92. The molecule has 0 saturated heterocycles. The van der Waals surface area contributed by atoms with Gasteiger partial charge in [0.1, 0.15) is 18.1 Å². The topological polar surface area (TPSA) is 179 Å². The van der Waals surface area contributed by atoms with Crippen molar-refractivity contribution in [3.63, 3.8) is 0 Å². The van der Waals surface area contributed by atoms with Gasteiger partial charge in [-0.3, -0.25) is 14.4 Å². The van der Waals surface area contributed by atoms with Crippen molar-refractivity contribution in [1.82, 2.24) is 25.9 Å². The van der Waals surface area contributed by atoms with Gasteiger partial charge in [-0.05, 0) is 11.5 Å². The number of carbonyl (C=O) groups excluding carboxylic acids is 3. The van der Waals surface area contributed by atoms with Crippen molar-refractivity contribution in [3.8, 4) is 0 Å². The van der Waals surface area contributed by atoms with E-state index < -0.39 is 41.8 Å². The number of aromatic amines is 1. The van der Waals surface area contributed by atoms with Gasteiger partial charge in [0.05, 0.1) is 12.9 Å². The minimum absolute atomic E-state index is 0.0465. The van der Waals surface area contributed by atoms with Crippen LogP contribution in [0.5, 0.6) is 0 Å². The fourth-order valence-corrected chi connectivity index (χ4v) is 3.18. The monoisotopic (exact) mass is 458 g/mol. The lowest BCUT2D eigenvalue weighted by molar-refractivity contribution is -0.142. The Morgan fingerprint density at radius 2 is 1.67 bits per heavy atom. The summed E-state index contributed by atoms with van der Waals surface area (Å²) in [5.41, 5.74) is 6.64. The molecule has 2 rings (SSSR count). The van der Waals surface area contributed by atoms with Crippen LogP contribution >= 0.6 is 0 Å². The van der Waals surface area contributed by atoms with E-state index in [-0.39, 0.29) is 25.3 Å². The molecular weight excluding hydrogens is 428 g/mol. The van der Waals surface area contributed by atoms with Crippen molar-refractivity contribution in [2.75, 3.05) is 6.54 Å². The third kappa shape index (κ3) is 8.04. The van der Waals surface area contributed by atoms with E-state index in [9.17, 15) is 24.3 Å². The Morgan fingerprint density at radius 3 is 2.21 bits per heavy atom. The van der Waals surface area contributed by atoms with E-state index in [1.54, 1.807) is 38.1 Å². The number of amides is 3. The summed E-state index contributed by atoms with van der Waals surface area (Å²) in [5.74, 6) is -3.24. The molecule has 3 unspecified atom stereocenters. The minimum atomic E-state index is -1.20. The highest BCUT2D eigenvalue weighted by atomic mass is 16.4. The van der Waals surface area contributed by atoms with Crippen LogP contribution in [0.15, 0.2) is 42.9 Å². The zero-order valence-electron chi connectivity index (χ0n) is 18.6. The average Bonchev–Trinajstić information content (AvgIpc) is 3.29. The summed E-state index contributed by atoms with van der Waals surface area (Å²) in [5, 5.41) is 17.3. The van der Waals surface area contributed by atoms with E-state index in [0.29, 0.717) is 5.69 Å². The molecule has 3 amide bonds. The molecule has 0 aliphatic carbocycles. The molecule has 11 nitrogen and oxygen atoms in total. The molecule has 1 aromatic carbocycles. The number of carboxylic acid groups (broad SMARTS) is 1. The number of hydrogen-bond acceptors (Lipinski definition) is 6. The predicted octanol–water partition coefficient (Wildman–Crippen LogP) is -0.651. The van der Waals surface area contributed by atoms with Crippen molar-refractivity contribution < 1.29 is 24.3 Å². The molecule has 33 heavy (non-hydrogen) atoms. The fourth-order valence-electron chi connectivity index (χ4n) is 3.18. The van der Waals surface area contributed by atoms with Crippen molar-refractivity contribution in [1.29, 1.82) is 0 Å². The van der Waals surface area contributed by atoms with Gasteiger partial charge in [0.25, 0.3) is 0 Å². The molecule has 1 aromatic heterocycles. The molecule has 0 aliphatic rings. The fraction of sp³-hybridized carbons (Fsp3) is 0.409. The molecule has 0 saturated carbocycles. The number of carboxylic acids is 1. The Balaban J connectivity index is 2.18. The molecule has 11 heteroatoms. The summed E-state index contributed by atoms with van der Waals surface area (Å²) in [6.07, 6.45) is 3.06. The number of H-pyrrole nitrogens is 1. The van der Waals surface area contributed by atoms with E-state index in [1.165, 1.54) is 12.5 Å². The van der Waals surface area contributed by atoms with E-state index >= 15 is 0 Å². The smallest absolute Gasteiger partial charge is 0.326 e. The molecule has 2 aromatic rings. The van der Waals surface area contributed by atoms with E-state index in [1.807, 2.05) is 6.07 Å². The lowest BCUT2D eigenvalue weighted by Gasteiger charge is -2.26. The molecule has 3 atom stereocenters. The molecule has 0 spiro atoms. The highest BCUT2D eigenvalue weighted by Crippen LogP contribution is 2.07. The van der Waals surface area contributed by atoms with Gasteiger partial charge < -0.3 is 31.8 Å². The molecule has 0 aliphatic heterocycles. The molecule has 0 fully saturated rings. The normalized spacial score (nSPS) is 13.6. The second-order valence-corrected chi connectivity index (χ2v) is 7.92. The first-order valence-corrected chi connectivity index (χ1v) is 10.6. The first kappa shape index (κ1) is 25.5. The van der Waals surface area contributed by atoms with Crippen LogP contribution in [0, 0.1) is 5.92 Å². The molecule has 1 heterocycles. The standard InChI is InChI=1S/C22H30N6O5/c1-13(2)19(28-18(29)10-23)21(31)26-16(9-15-11-24-12-25-15)20(30)27-17(22(32)33)8-14-6-4-3-5-7-14/h3-7,11-13,16-17,19H,8-10,23H2,1-2H3,(H,24,25)(H,26,31)(H,27,30)(H,28,29)(H,32,33). The lowest BCUT2D eigenvalue weighted by Crippen LogP contribution is -2.58. The number of imidazole rings is 1. The van der Waals surface area contributed by atoms with Crippen LogP contribution < -0.4 is 21.7 Å². The van der Waals surface area contributed by atoms with Crippen LogP contribution in [-0.2, 0) is 32.0 Å². The van der Waals surface area contributed by atoms with Gasteiger partial charge in [-0.1, -0.05) is 44.2 Å². The number of hydrogen-bond donors (Lipinski definition) is 6. The minimum Gasteiger partial charge on any atom is -0.480 e.